The molecule has 1 saturated heterocycles. The quantitative estimate of drug-likeness (QED) is 0.632. The van der Waals surface area contributed by atoms with Gasteiger partial charge in [-0.1, -0.05) is 12.1 Å². The van der Waals surface area contributed by atoms with E-state index in [0.717, 1.165) is 27.1 Å². The third-order valence-corrected chi connectivity index (χ3v) is 5.15. The molecular weight excluding hydrogens is 360 g/mol. The van der Waals surface area contributed by atoms with Gasteiger partial charge in [0.05, 0.1) is 10.6 Å². The Morgan fingerprint density at radius 3 is 2.80 bits per heavy atom. The number of thiophene rings is 1. The van der Waals surface area contributed by atoms with Crippen LogP contribution in [0.2, 0.25) is 0 Å². The zero-order chi connectivity index (χ0) is 18.0. The van der Waals surface area contributed by atoms with Gasteiger partial charge in [-0.25, -0.2) is 0 Å². The van der Waals surface area contributed by atoms with Crippen LogP contribution in [0.1, 0.15) is 10.4 Å². The fourth-order valence-corrected chi connectivity index (χ4v) is 3.78. The molecule has 1 aromatic heterocycles. The number of phenolic OH excluding ortho intramolecular Hbond substituents is 1. The Morgan fingerprint density at radius 1 is 1.32 bits per heavy atom. The van der Waals surface area contributed by atoms with E-state index >= 15 is 0 Å². The maximum Gasteiger partial charge on any atom is 0.294 e. The minimum Gasteiger partial charge on any atom is -0.506 e. The zero-order valence-electron chi connectivity index (χ0n) is 13.2. The van der Waals surface area contributed by atoms with Crippen molar-refractivity contribution in [2.24, 2.45) is 0 Å². The number of aryl methyl sites for hydroxylation is 1. The molecule has 1 aromatic carbocycles. The molecule has 25 heavy (non-hydrogen) atoms. The molecule has 1 fully saturated rings. The zero-order valence-corrected chi connectivity index (χ0v) is 14.8. The number of aromatic hydroxyl groups is 1. The molecule has 0 aliphatic carbocycles. The van der Waals surface area contributed by atoms with E-state index in [2.05, 4.69) is 5.32 Å². The van der Waals surface area contributed by atoms with Crippen LogP contribution in [-0.4, -0.2) is 33.6 Å². The highest BCUT2D eigenvalue weighted by Crippen LogP contribution is 2.33. The van der Waals surface area contributed by atoms with Gasteiger partial charge in [0.2, 0.25) is 5.91 Å². The Labute approximate surface area is 152 Å². The summed E-state index contributed by atoms with van der Waals surface area (Å²) < 4.78 is 0. The number of nitrogens with one attached hydrogen (secondary N) is 1. The van der Waals surface area contributed by atoms with E-state index in [0.29, 0.717) is 4.91 Å². The van der Waals surface area contributed by atoms with Gasteiger partial charge in [0.1, 0.15) is 12.3 Å². The number of rotatable bonds is 4. The molecule has 2 aromatic rings. The first-order valence-corrected chi connectivity index (χ1v) is 9.02. The lowest BCUT2D eigenvalue weighted by Gasteiger charge is -2.13. The highest BCUT2D eigenvalue weighted by atomic mass is 32.2. The molecule has 0 spiro atoms. The minimum absolute atomic E-state index is 0.0694. The molecule has 1 aliphatic rings. The number of carbonyl (C=O) groups excluding carboxylic acids is 3. The maximum atomic E-state index is 12.3. The first kappa shape index (κ1) is 17.2. The Bertz CT molecular complexity index is 875. The van der Waals surface area contributed by atoms with E-state index in [1.807, 2.05) is 24.4 Å². The summed E-state index contributed by atoms with van der Waals surface area (Å²) in [6.07, 6.45) is 1.64. The monoisotopic (exact) mass is 374 g/mol. The molecule has 0 atom stereocenters. The number of imide groups is 1. The van der Waals surface area contributed by atoms with Crippen molar-refractivity contribution in [1.29, 1.82) is 0 Å². The standard InChI is InChI=1S/C17H14N2O4S2/c1-10-4-5-12(13(20)7-10)18-15(21)9-19-16(22)14(25-17(19)23)8-11-3-2-6-24-11/h2-8,20H,9H2,1H3,(H,18,21). The van der Waals surface area contributed by atoms with Crippen molar-refractivity contribution in [1.82, 2.24) is 4.90 Å². The predicted octanol–water partition coefficient (Wildman–Crippen LogP) is 3.44. The summed E-state index contributed by atoms with van der Waals surface area (Å²) in [4.78, 5) is 38.5. The van der Waals surface area contributed by atoms with Gasteiger partial charge in [0, 0.05) is 4.88 Å². The van der Waals surface area contributed by atoms with Crippen LogP contribution in [0.3, 0.4) is 0 Å². The molecule has 2 heterocycles. The first-order chi connectivity index (χ1) is 11.9. The average molecular weight is 374 g/mol. The van der Waals surface area contributed by atoms with Crippen molar-refractivity contribution in [3.8, 4) is 5.75 Å². The molecule has 0 unspecified atom stereocenters. The van der Waals surface area contributed by atoms with E-state index in [1.165, 1.54) is 17.4 Å². The van der Waals surface area contributed by atoms with Crippen molar-refractivity contribution in [3.63, 3.8) is 0 Å². The van der Waals surface area contributed by atoms with Crippen LogP contribution in [-0.2, 0) is 9.59 Å². The average Bonchev–Trinajstić information content (AvgIpc) is 3.15. The van der Waals surface area contributed by atoms with E-state index in [4.69, 9.17) is 0 Å². The smallest absolute Gasteiger partial charge is 0.294 e. The van der Waals surface area contributed by atoms with Crippen molar-refractivity contribution in [2.75, 3.05) is 11.9 Å². The van der Waals surface area contributed by atoms with Crippen LogP contribution in [0.5, 0.6) is 5.75 Å². The SMILES string of the molecule is Cc1ccc(NC(=O)CN2C(=O)SC(=Cc3cccs3)C2=O)c(O)c1. The topological polar surface area (TPSA) is 86.7 Å². The van der Waals surface area contributed by atoms with E-state index in [9.17, 15) is 19.5 Å². The molecule has 0 radical (unpaired) electrons. The van der Waals surface area contributed by atoms with Gasteiger partial charge >= 0.3 is 0 Å². The van der Waals surface area contributed by atoms with Crippen molar-refractivity contribution in [2.45, 2.75) is 6.92 Å². The molecule has 1 aliphatic heterocycles. The van der Waals surface area contributed by atoms with E-state index < -0.39 is 23.6 Å². The maximum absolute atomic E-state index is 12.3. The highest BCUT2D eigenvalue weighted by Gasteiger charge is 2.36. The summed E-state index contributed by atoms with van der Waals surface area (Å²) in [7, 11) is 0. The Kier molecular flexibility index (Phi) is 4.91. The van der Waals surface area contributed by atoms with Gasteiger partial charge in [0.15, 0.2) is 0 Å². The third-order valence-electron chi connectivity index (χ3n) is 3.42. The molecule has 0 bridgehead atoms. The first-order valence-electron chi connectivity index (χ1n) is 7.32. The lowest BCUT2D eigenvalue weighted by molar-refractivity contribution is -0.127. The molecule has 3 amide bonds. The Balaban J connectivity index is 1.69. The summed E-state index contributed by atoms with van der Waals surface area (Å²) in [6.45, 7) is 1.41. The number of phenols is 1. The second kappa shape index (κ2) is 7.12. The number of thioether (sulfide) groups is 1. The summed E-state index contributed by atoms with van der Waals surface area (Å²) >= 11 is 2.26. The summed E-state index contributed by atoms with van der Waals surface area (Å²) in [5, 5.41) is 13.7. The van der Waals surface area contributed by atoms with Crippen molar-refractivity contribution < 1.29 is 19.5 Å². The number of amides is 3. The van der Waals surface area contributed by atoms with Gasteiger partial charge in [-0.05, 0) is 53.9 Å². The van der Waals surface area contributed by atoms with Crippen LogP contribution in [0, 0.1) is 6.92 Å². The molecule has 6 nitrogen and oxygen atoms in total. The molecule has 128 valence electrons. The number of hydrogen-bond donors (Lipinski definition) is 2. The van der Waals surface area contributed by atoms with Crippen LogP contribution in [0.25, 0.3) is 6.08 Å². The fourth-order valence-electron chi connectivity index (χ4n) is 2.22. The van der Waals surface area contributed by atoms with Gasteiger partial charge in [-0.15, -0.1) is 11.3 Å². The molecule has 0 saturated carbocycles. The Hall–Kier alpha value is -2.58. The second-order valence-electron chi connectivity index (χ2n) is 5.35. The Morgan fingerprint density at radius 2 is 2.12 bits per heavy atom. The number of carbonyl (C=O) groups is 3. The number of anilines is 1. The van der Waals surface area contributed by atoms with Crippen LogP contribution in [0.4, 0.5) is 10.5 Å². The molecule has 3 rings (SSSR count). The molecule has 2 N–H and O–H groups in total. The third kappa shape index (κ3) is 3.92. The lowest BCUT2D eigenvalue weighted by atomic mass is 10.2. The number of hydrogen-bond acceptors (Lipinski definition) is 6. The van der Waals surface area contributed by atoms with Crippen LogP contribution >= 0.6 is 23.1 Å². The lowest BCUT2D eigenvalue weighted by Crippen LogP contribution is -2.36. The summed E-state index contributed by atoms with van der Waals surface area (Å²) in [5.41, 5.74) is 1.08. The molecule has 8 heteroatoms. The van der Waals surface area contributed by atoms with Gasteiger partial charge in [-0.2, -0.15) is 0 Å². The van der Waals surface area contributed by atoms with Gasteiger partial charge in [0.25, 0.3) is 11.1 Å². The van der Waals surface area contributed by atoms with Gasteiger partial charge in [-0.3, -0.25) is 19.3 Å². The second-order valence-corrected chi connectivity index (χ2v) is 7.32. The fraction of sp³-hybridized carbons (Fsp3) is 0.118. The summed E-state index contributed by atoms with van der Waals surface area (Å²) in [6, 6.07) is 8.50. The summed E-state index contributed by atoms with van der Waals surface area (Å²) in [5.74, 6) is -1.12. The largest absolute Gasteiger partial charge is 0.506 e. The predicted molar refractivity (Wildman–Crippen MR) is 98.5 cm³/mol. The number of nitrogens with zero attached hydrogens (tertiary/aromatic N) is 1. The van der Waals surface area contributed by atoms with E-state index in [1.54, 1.807) is 18.2 Å². The minimum atomic E-state index is -0.557. The number of benzene rings is 1. The van der Waals surface area contributed by atoms with Gasteiger partial charge < -0.3 is 10.4 Å². The van der Waals surface area contributed by atoms with E-state index in [-0.39, 0.29) is 11.4 Å². The van der Waals surface area contributed by atoms with Crippen LogP contribution in [0.15, 0.2) is 40.6 Å². The highest BCUT2D eigenvalue weighted by molar-refractivity contribution is 8.18. The molecular formula is C17H14N2O4S2. The van der Waals surface area contributed by atoms with Crippen molar-refractivity contribution >= 4 is 51.9 Å². The van der Waals surface area contributed by atoms with Crippen molar-refractivity contribution in [3.05, 3.63) is 51.1 Å². The van der Waals surface area contributed by atoms with Crippen LogP contribution < -0.4 is 5.32 Å². The normalized spacial score (nSPS) is 15.9.